The van der Waals surface area contributed by atoms with E-state index in [9.17, 15) is 4.79 Å². The van der Waals surface area contributed by atoms with Crippen LogP contribution in [0.2, 0.25) is 0 Å². The molecule has 2 heterocycles. The first-order valence-corrected chi connectivity index (χ1v) is 11.2. The molecular weight excluding hydrogens is 438 g/mol. The molecule has 1 atom stereocenters. The molecule has 34 heavy (non-hydrogen) atoms. The average molecular weight is 470 g/mol. The van der Waals surface area contributed by atoms with E-state index < -0.39 is 0 Å². The quantitative estimate of drug-likeness (QED) is 0.588. The Morgan fingerprint density at radius 1 is 0.941 bits per heavy atom. The van der Waals surface area contributed by atoms with Crippen LogP contribution in [0.1, 0.15) is 23.6 Å². The van der Waals surface area contributed by atoms with E-state index in [0.717, 1.165) is 29.9 Å². The Kier molecular flexibility index (Phi) is 7.54. The molecule has 0 N–H and O–H groups in total. The Hall–Kier alpha value is -3.30. The van der Waals surface area contributed by atoms with Crippen LogP contribution in [0.15, 0.2) is 41.5 Å². The van der Waals surface area contributed by atoms with Gasteiger partial charge in [0.15, 0.2) is 11.5 Å². The zero-order valence-electron chi connectivity index (χ0n) is 20.1. The molecule has 0 aliphatic carbocycles. The number of ether oxygens (including phenoxy) is 5. The smallest absolute Gasteiger partial charge is 0.257 e. The molecule has 0 bridgehead atoms. The molecule has 2 aliphatic heterocycles. The molecule has 0 radical (unpaired) electrons. The second-order valence-electron chi connectivity index (χ2n) is 8.07. The molecule has 1 fully saturated rings. The summed E-state index contributed by atoms with van der Waals surface area (Å²) in [6, 6.07) is 11.0. The number of amides is 1. The van der Waals surface area contributed by atoms with Crippen LogP contribution in [-0.2, 0) is 9.53 Å². The fourth-order valence-electron chi connectivity index (χ4n) is 4.29. The van der Waals surface area contributed by atoms with Gasteiger partial charge in [-0.05, 0) is 30.3 Å². The lowest BCUT2D eigenvalue weighted by molar-refractivity contribution is -0.135. The van der Waals surface area contributed by atoms with Gasteiger partial charge in [-0.15, -0.1) is 0 Å². The van der Waals surface area contributed by atoms with Crippen molar-refractivity contribution in [1.82, 2.24) is 9.91 Å². The largest absolute Gasteiger partial charge is 0.497 e. The van der Waals surface area contributed by atoms with Crippen molar-refractivity contribution in [2.75, 3.05) is 61.3 Å². The molecule has 2 aromatic rings. The molecule has 0 spiro atoms. The van der Waals surface area contributed by atoms with E-state index in [1.165, 1.54) is 0 Å². The lowest BCUT2D eigenvalue weighted by Gasteiger charge is -2.29. The van der Waals surface area contributed by atoms with E-state index in [0.29, 0.717) is 42.6 Å². The van der Waals surface area contributed by atoms with E-state index in [-0.39, 0.29) is 18.5 Å². The monoisotopic (exact) mass is 469 g/mol. The lowest BCUT2D eigenvalue weighted by Crippen LogP contribution is -2.43. The van der Waals surface area contributed by atoms with Crippen LogP contribution in [0.4, 0.5) is 0 Å². The summed E-state index contributed by atoms with van der Waals surface area (Å²) in [6.07, 6.45) is 0.535. The normalized spacial score (nSPS) is 18.4. The Morgan fingerprint density at radius 2 is 1.68 bits per heavy atom. The highest BCUT2D eigenvalue weighted by Crippen LogP contribution is 2.40. The SMILES string of the molecule is COc1ccc(C2CC(c3ccc(OC)c(OC)c3)=NN2C(=O)CN2CCOCC2)c(OC)c1. The summed E-state index contributed by atoms with van der Waals surface area (Å²) in [5.74, 6) is 2.51. The Balaban J connectivity index is 1.68. The molecule has 4 rings (SSSR count). The van der Waals surface area contributed by atoms with E-state index >= 15 is 0 Å². The van der Waals surface area contributed by atoms with Crippen molar-refractivity contribution in [1.29, 1.82) is 0 Å². The first-order chi connectivity index (χ1) is 16.6. The maximum absolute atomic E-state index is 13.4. The summed E-state index contributed by atoms with van der Waals surface area (Å²) in [7, 11) is 6.42. The van der Waals surface area contributed by atoms with Gasteiger partial charge in [0, 0.05) is 36.7 Å². The Labute approximate surface area is 199 Å². The van der Waals surface area contributed by atoms with Crippen molar-refractivity contribution in [2.45, 2.75) is 12.5 Å². The first-order valence-electron chi connectivity index (χ1n) is 11.2. The van der Waals surface area contributed by atoms with Crippen molar-refractivity contribution in [3.63, 3.8) is 0 Å². The minimum absolute atomic E-state index is 0.0692. The van der Waals surface area contributed by atoms with Gasteiger partial charge in [-0.1, -0.05) is 0 Å². The number of hydrazone groups is 1. The van der Waals surface area contributed by atoms with Gasteiger partial charge in [0.1, 0.15) is 11.5 Å². The van der Waals surface area contributed by atoms with Crippen molar-refractivity contribution in [3.05, 3.63) is 47.5 Å². The first kappa shape index (κ1) is 23.8. The third kappa shape index (κ3) is 4.95. The molecule has 9 heteroatoms. The lowest BCUT2D eigenvalue weighted by atomic mass is 9.97. The van der Waals surface area contributed by atoms with Crippen molar-refractivity contribution >= 4 is 11.6 Å². The molecule has 0 aromatic heterocycles. The van der Waals surface area contributed by atoms with Crippen LogP contribution < -0.4 is 18.9 Å². The molecule has 1 unspecified atom stereocenters. The fourth-order valence-corrected chi connectivity index (χ4v) is 4.29. The van der Waals surface area contributed by atoms with E-state index in [4.69, 9.17) is 28.8 Å². The highest BCUT2D eigenvalue weighted by molar-refractivity contribution is 6.03. The van der Waals surface area contributed by atoms with Crippen LogP contribution in [0.25, 0.3) is 0 Å². The second kappa shape index (κ2) is 10.8. The molecular formula is C25H31N3O6. The van der Waals surface area contributed by atoms with E-state index in [1.54, 1.807) is 33.4 Å². The summed E-state index contributed by atoms with van der Waals surface area (Å²) in [4.78, 5) is 15.5. The van der Waals surface area contributed by atoms with Gasteiger partial charge in [0.25, 0.3) is 5.91 Å². The van der Waals surface area contributed by atoms with Crippen LogP contribution in [-0.4, -0.2) is 82.8 Å². The molecule has 1 saturated heterocycles. The standard InChI is InChI=1S/C25H31N3O6/c1-30-18-6-7-19(23(14-18)32-3)21-15-20(17-5-8-22(31-2)24(13-17)33-4)26-28(21)25(29)16-27-9-11-34-12-10-27/h5-8,13-14,21H,9-12,15-16H2,1-4H3. The van der Waals surface area contributed by atoms with E-state index in [1.807, 2.05) is 36.4 Å². The van der Waals surface area contributed by atoms with E-state index in [2.05, 4.69) is 4.90 Å². The maximum atomic E-state index is 13.4. The van der Waals surface area contributed by atoms with Gasteiger partial charge in [-0.2, -0.15) is 5.10 Å². The summed E-state index contributed by atoms with van der Waals surface area (Å²) in [6.45, 7) is 2.98. The fraction of sp³-hybridized carbons (Fsp3) is 0.440. The van der Waals surface area contributed by atoms with Crippen molar-refractivity contribution in [3.8, 4) is 23.0 Å². The number of carbonyl (C=O) groups excluding carboxylic acids is 1. The van der Waals surface area contributed by atoms with Gasteiger partial charge in [0.2, 0.25) is 0 Å². The number of benzene rings is 2. The molecule has 182 valence electrons. The third-order valence-electron chi connectivity index (χ3n) is 6.14. The zero-order chi connectivity index (χ0) is 24.1. The van der Waals surface area contributed by atoms with Crippen molar-refractivity contribution < 1.29 is 28.5 Å². The maximum Gasteiger partial charge on any atom is 0.257 e. The Morgan fingerprint density at radius 3 is 2.35 bits per heavy atom. The second-order valence-corrected chi connectivity index (χ2v) is 8.07. The zero-order valence-corrected chi connectivity index (χ0v) is 20.1. The summed E-state index contributed by atoms with van der Waals surface area (Å²) < 4.78 is 27.3. The number of morpholine rings is 1. The highest BCUT2D eigenvalue weighted by atomic mass is 16.5. The minimum atomic E-state index is -0.308. The van der Waals surface area contributed by atoms with Crippen LogP contribution in [0.3, 0.4) is 0 Å². The third-order valence-corrected chi connectivity index (χ3v) is 6.14. The molecule has 1 amide bonds. The predicted molar refractivity (Wildman–Crippen MR) is 127 cm³/mol. The number of hydrogen-bond donors (Lipinski definition) is 0. The number of rotatable bonds is 8. The molecule has 0 saturated carbocycles. The highest BCUT2D eigenvalue weighted by Gasteiger charge is 2.36. The van der Waals surface area contributed by atoms with Gasteiger partial charge in [-0.25, -0.2) is 5.01 Å². The van der Waals surface area contributed by atoms with Gasteiger partial charge in [0.05, 0.1) is 60.0 Å². The number of nitrogens with zero attached hydrogens (tertiary/aromatic N) is 3. The van der Waals surface area contributed by atoms with Gasteiger partial charge < -0.3 is 23.7 Å². The van der Waals surface area contributed by atoms with Gasteiger partial charge in [-0.3, -0.25) is 9.69 Å². The predicted octanol–water partition coefficient (Wildman–Crippen LogP) is 2.73. The average Bonchev–Trinajstić information content (AvgIpc) is 3.34. The van der Waals surface area contributed by atoms with Crippen molar-refractivity contribution in [2.24, 2.45) is 5.10 Å². The topological polar surface area (TPSA) is 82.1 Å². The summed E-state index contributed by atoms with van der Waals surface area (Å²) in [5.41, 5.74) is 2.54. The molecule has 2 aromatic carbocycles. The number of methoxy groups -OCH3 is 4. The molecule has 9 nitrogen and oxygen atoms in total. The van der Waals surface area contributed by atoms with Crippen LogP contribution in [0.5, 0.6) is 23.0 Å². The summed E-state index contributed by atoms with van der Waals surface area (Å²) >= 11 is 0. The Bertz CT molecular complexity index is 1050. The molecule has 2 aliphatic rings. The minimum Gasteiger partial charge on any atom is -0.497 e. The van der Waals surface area contributed by atoms with Crippen LogP contribution in [0, 0.1) is 0 Å². The van der Waals surface area contributed by atoms with Gasteiger partial charge >= 0.3 is 0 Å². The van der Waals surface area contributed by atoms with Crippen LogP contribution >= 0.6 is 0 Å². The number of hydrogen-bond acceptors (Lipinski definition) is 8. The number of carbonyl (C=O) groups is 1. The summed E-state index contributed by atoms with van der Waals surface area (Å²) in [5, 5.41) is 6.38.